The SMILES string of the molecule is COc1cc([N+](=O)[O-])cc(/C=N/NC(=O)C(C)Nc2ccc(Br)cc2)c1O. The topological polar surface area (TPSA) is 126 Å². The molecule has 0 saturated heterocycles. The average Bonchev–Trinajstić information content (AvgIpc) is 2.64. The summed E-state index contributed by atoms with van der Waals surface area (Å²) >= 11 is 3.33. The molecule has 2 rings (SSSR count). The highest BCUT2D eigenvalue weighted by Gasteiger charge is 2.16. The largest absolute Gasteiger partial charge is 0.504 e. The number of methoxy groups -OCH3 is 1. The highest BCUT2D eigenvalue weighted by Crippen LogP contribution is 2.33. The van der Waals surface area contributed by atoms with Crippen LogP contribution < -0.4 is 15.5 Å². The standard InChI is InChI=1S/C17H17BrN4O5/c1-10(20-13-5-3-12(18)4-6-13)17(24)21-19-9-11-7-14(22(25)26)8-15(27-2)16(11)23/h3-10,20,23H,1-2H3,(H,21,24)/b19-9+. The van der Waals surface area contributed by atoms with E-state index in [-0.39, 0.29) is 22.7 Å². The molecule has 0 aromatic heterocycles. The van der Waals surface area contributed by atoms with Gasteiger partial charge in [-0.2, -0.15) is 5.10 Å². The molecule has 0 bridgehead atoms. The Balaban J connectivity index is 2.05. The molecule has 3 N–H and O–H groups in total. The number of nitrogens with one attached hydrogen (secondary N) is 2. The molecule has 1 atom stereocenters. The summed E-state index contributed by atoms with van der Waals surface area (Å²) < 4.78 is 5.82. The van der Waals surface area contributed by atoms with Crippen molar-refractivity contribution in [1.29, 1.82) is 0 Å². The fraction of sp³-hybridized carbons (Fsp3) is 0.176. The van der Waals surface area contributed by atoms with Crippen LogP contribution in [0, 0.1) is 10.1 Å². The Morgan fingerprint density at radius 1 is 1.37 bits per heavy atom. The first-order chi connectivity index (χ1) is 12.8. The number of aromatic hydroxyl groups is 1. The van der Waals surface area contributed by atoms with E-state index in [2.05, 4.69) is 31.8 Å². The summed E-state index contributed by atoms with van der Waals surface area (Å²) in [4.78, 5) is 22.4. The molecule has 0 radical (unpaired) electrons. The van der Waals surface area contributed by atoms with Crippen LogP contribution in [0.25, 0.3) is 0 Å². The van der Waals surface area contributed by atoms with Gasteiger partial charge in [0.15, 0.2) is 11.5 Å². The number of non-ortho nitro benzene ring substituents is 1. The maximum Gasteiger partial charge on any atom is 0.274 e. The maximum atomic E-state index is 12.1. The van der Waals surface area contributed by atoms with Crippen LogP contribution in [0.3, 0.4) is 0 Å². The molecule has 1 unspecified atom stereocenters. The number of carbonyl (C=O) groups is 1. The zero-order valence-corrected chi connectivity index (χ0v) is 16.1. The number of hydrogen-bond donors (Lipinski definition) is 3. The number of hydrogen-bond acceptors (Lipinski definition) is 7. The van der Waals surface area contributed by atoms with Crippen LogP contribution in [0.1, 0.15) is 12.5 Å². The number of hydrazone groups is 1. The van der Waals surface area contributed by atoms with Crippen LogP contribution in [0.2, 0.25) is 0 Å². The lowest BCUT2D eigenvalue weighted by molar-refractivity contribution is -0.385. The van der Waals surface area contributed by atoms with Gasteiger partial charge in [0.25, 0.3) is 11.6 Å². The molecule has 2 aromatic carbocycles. The van der Waals surface area contributed by atoms with Crippen molar-refractivity contribution >= 4 is 39.4 Å². The van der Waals surface area contributed by atoms with Crippen molar-refractivity contribution in [3.63, 3.8) is 0 Å². The van der Waals surface area contributed by atoms with Gasteiger partial charge in [0.05, 0.1) is 24.3 Å². The molecule has 0 fully saturated rings. The summed E-state index contributed by atoms with van der Waals surface area (Å²) in [7, 11) is 1.27. The summed E-state index contributed by atoms with van der Waals surface area (Å²) in [6.45, 7) is 1.65. The molecule has 142 valence electrons. The van der Waals surface area contributed by atoms with Gasteiger partial charge in [-0.3, -0.25) is 14.9 Å². The first kappa shape index (κ1) is 20.2. The van der Waals surface area contributed by atoms with E-state index in [0.717, 1.165) is 28.5 Å². The number of phenols is 1. The van der Waals surface area contributed by atoms with Crippen molar-refractivity contribution in [2.45, 2.75) is 13.0 Å². The van der Waals surface area contributed by atoms with Crippen molar-refractivity contribution in [2.75, 3.05) is 12.4 Å². The second kappa shape index (κ2) is 8.99. The number of rotatable bonds is 7. The Morgan fingerprint density at radius 2 is 2.04 bits per heavy atom. The number of nitrogens with zero attached hydrogens (tertiary/aromatic N) is 2. The minimum Gasteiger partial charge on any atom is -0.504 e. The second-order valence-corrected chi connectivity index (χ2v) is 6.37. The van der Waals surface area contributed by atoms with E-state index in [4.69, 9.17) is 4.74 Å². The monoisotopic (exact) mass is 436 g/mol. The van der Waals surface area contributed by atoms with Gasteiger partial charge in [-0.1, -0.05) is 15.9 Å². The molecule has 0 heterocycles. The van der Waals surface area contributed by atoms with E-state index in [0.29, 0.717) is 0 Å². The zero-order chi connectivity index (χ0) is 20.0. The van der Waals surface area contributed by atoms with Gasteiger partial charge in [0.1, 0.15) is 6.04 Å². The van der Waals surface area contributed by atoms with Gasteiger partial charge in [0, 0.05) is 21.8 Å². The lowest BCUT2D eigenvalue weighted by Crippen LogP contribution is -2.34. The summed E-state index contributed by atoms with van der Waals surface area (Å²) in [6, 6.07) is 8.92. The number of carbonyl (C=O) groups excluding carboxylic acids is 1. The molecule has 0 spiro atoms. The van der Waals surface area contributed by atoms with Gasteiger partial charge < -0.3 is 15.2 Å². The third kappa shape index (κ3) is 5.42. The third-order valence-corrected chi connectivity index (χ3v) is 4.05. The molecule has 0 aliphatic rings. The Hall–Kier alpha value is -3.14. The first-order valence-electron chi connectivity index (χ1n) is 7.72. The van der Waals surface area contributed by atoms with Crippen molar-refractivity contribution in [3.8, 4) is 11.5 Å². The lowest BCUT2D eigenvalue weighted by atomic mass is 10.2. The molecule has 9 nitrogen and oxygen atoms in total. The third-order valence-electron chi connectivity index (χ3n) is 3.52. The summed E-state index contributed by atoms with van der Waals surface area (Å²) in [5, 5.41) is 27.7. The van der Waals surface area contributed by atoms with Gasteiger partial charge in [-0.25, -0.2) is 5.43 Å². The van der Waals surface area contributed by atoms with Crippen molar-refractivity contribution in [2.24, 2.45) is 5.10 Å². The minimum atomic E-state index is -0.623. The Morgan fingerprint density at radius 3 is 2.63 bits per heavy atom. The minimum absolute atomic E-state index is 0.0369. The summed E-state index contributed by atoms with van der Waals surface area (Å²) in [5.41, 5.74) is 2.83. The number of nitro benzene ring substituents is 1. The Bertz CT molecular complexity index is 870. The second-order valence-electron chi connectivity index (χ2n) is 5.45. The van der Waals surface area contributed by atoms with Crippen molar-refractivity contribution < 1.29 is 19.6 Å². The smallest absolute Gasteiger partial charge is 0.274 e. The molecule has 10 heteroatoms. The van der Waals surface area contributed by atoms with E-state index in [1.165, 1.54) is 7.11 Å². The highest BCUT2D eigenvalue weighted by molar-refractivity contribution is 9.10. The number of ether oxygens (including phenoxy) is 1. The van der Waals surface area contributed by atoms with E-state index in [1.807, 2.05) is 24.3 Å². The fourth-order valence-corrected chi connectivity index (χ4v) is 2.36. The van der Waals surface area contributed by atoms with Gasteiger partial charge in [-0.15, -0.1) is 0 Å². The molecule has 0 aliphatic carbocycles. The van der Waals surface area contributed by atoms with Crippen LogP contribution in [-0.2, 0) is 4.79 Å². The quantitative estimate of drug-likeness (QED) is 0.347. The summed E-state index contributed by atoms with van der Waals surface area (Å²) in [6.07, 6.45) is 1.11. The summed E-state index contributed by atoms with van der Waals surface area (Å²) in [5.74, 6) is -0.810. The highest BCUT2D eigenvalue weighted by atomic mass is 79.9. The normalized spacial score (nSPS) is 11.8. The molecule has 0 aliphatic heterocycles. The number of nitro groups is 1. The Kier molecular flexibility index (Phi) is 6.72. The van der Waals surface area contributed by atoms with Crippen LogP contribution >= 0.6 is 15.9 Å². The van der Waals surface area contributed by atoms with E-state index < -0.39 is 16.9 Å². The molecule has 0 saturated carbocycles. The fourth-order valence-electron chi connectivity index (χ4n) is 2.10. The van der Waals surface area contributed by atoms with E-state index in [1.54, 1.807) is 6.92 Å². The van der Waals surface area contributed by atoms with E-state index >= 15 is 0 Å². The van der Waals surface area contributed by atoms with Crippen LogP contribution in [0.4, 0.5) is 11.4 Å². The van der Waals surface area contributed by atoms with Crippen molar-refractivity contribution in [1.82, 2.24) is 5.43 Å². The zero-order valence-electron chi connectivity index (χ0n) is 14.5. The average molecular weight is 437 g/mol. The molecule has 2 aromatic rings. The van der Waals surface area contributed by atoms with E-state index in [9.17, 15) is 20.0 Å². The maximum absolute atomic E-state index is 12.1. The van der Waals surface area contributed by atoms with Crippen molar-refractivity contribution in [3.05, 3.63) is 56.5 Å². The van der Waals surface area contributed by atoms with Crippen LogP contribution in [0.5, 0.6) is 11.5 Å². The number of benzene rings is 2. The predicted molar refractivity (Wildman–Crippen MR) is 104 cm³/mol. The van der Waals surface area contributed by atoms with Gasteiger partial charge >= 0.3 is 0 Å². The lowest BCUT2D eigenvalue weighted by Gasteiger charge is -2.13. The molecular weight excluding hydrogens is 420 g/mol. The number of amides is 1. The molecular formula is C17H17BrN4O5. The van der Waals surface area contributed by atoms with Crippen LogP contribution in [-0.4, -0.2) is 35.3 Å². The molecule has 27 heavy (non-hydrogen) atoms. The predicted octanol–water partition coefficient (Wildman–Crippen LogP) is 3.02. The molecule has 1 amide bonds. The number of halogens is 1. The van der Waals surface area contributed by atoms with Gasteiger partial charge in [0.2, 0.25) is 0 Å². The number of phenolic OH excluding ortho intramolecular Hbond substituents is 1. The Labute approximate surface area is 163 Å². The van der Waals surface area contributed by atoms with Crippen LogP contribution in [0.15, 0.2) is 46.0 Å². The first-order valence-corrected chi connectivity index (χ1v) is 8.51. The van der Waals surface area contributed by atoms with Gasteiger partial charge in [-0.05, 0) is 31.2 Å². The number of anilines is 1.